The second-order valence-corrected chi connectivity index (χ2v) is 6.50. The summed E-state index contributed by atoms with van der Waals surface area (Å²) in [6.07, 6.45) is 4.61. The first-order valence-corrected chi connectivity index (χ1v) is 9.62. The Morgan fingerprint density at radius 3 is 2.80 bits per heavy atom. The molecule has 5 nitrogen and oxygen atoms in total. The van der Waals surface area contributed by atoms with E-state index in [1.54, 1.807) is 25.1 Å². The number of hydrogen-bond acceptors (Lipinski definition) is 4. The van der Waals surface area contributed by atoms with Crippen molar-refractivity contribution in [3.8, 4) is 0 Å². The summed E-state index contributed by atoms with van der Waals surface area (Å²) in [7, 11) is 1.69. The predicted octanol–water partition coefficient (Wildman–Crippen LogP) is 3.23. The summed E-state index contributed by atoms with van der Waals surface area (Å²) < 4.78 is 10.5. The van der Waals surface area contributed by atoms with Crippen LogP contribution in [0.1, 0.15) is 16.9 Å². The van der Waals surface area contributed by atoms with Crippen LogP contribution < -0.4 is 10.6 Å². The fourth-order valence-corrected chi connectivity index (χ4v) is 3.05. The van der Waals surface area contributed by atoms with Gasteiger partial charge in [0.1, 0.15) is 5.76 Å². The SMILES string of the molecule is COCCNC(=NCc1ccc(C)cc1SC)NCCc1ccco1. The zero-order chi connectivity index (χ0) is 17.9. The van der Waals surface area contributed by atoms with Crippen LogP contribution in [0, 0.1) is 6.92 Å². The van der Waals surface area contributed by atoms with Gasteiger partial charge in [-0.2, -0.15) is 0 Å². The maximum absolute atomic E-state index is 5.36. The van der Waals surface area contributed by atoms with E-state index in [-0.39, 0.29) is 0 Å². The van der Waals surface area contributed by atoms with Crippen LogP contribution >= 0.6 is 11.8 Å². The lowest BCUT2D eigenvalue weighted by atomic mass is 10.1. The quantitative estimate of drug-likeness (QED) is 0.311. The Bertz CT molecular complexity index is 657. The summed E-state index contributed by atoms with van der Waals surface area (Å²) in [5.74, 6) is 1.75. The molecule has 2 N–H and O–H groups in total. The van der Waals surface area contributed by atoms with Crippen molar-refractivity contribution in [2.24, 2.45) is 4.99 Å². The number of methoxy groups -OCH3 is 1. The van der Waals surface area contributed by atoms with Crippen molar-refractivity contribution in [3.63, 3.8) is 0 Å². The second-order valence-electron chi connectivity index (χ2n) is 5.66. The van der Waals surface area contributed by atoms with Gasteiger partial charge in [-0.15, -0.1) is 11.8 Å². The van der Waals surface area contributed by atoms with Gasteiger partial charge in [-0.05, 0) is 42.5 Å². The molecule has 0 aliphatic carbocycles. The molecule has 0 spiro atoms. The highest BCUT2D eigenvalue weighted by molar-refractivity contribution is 7.98. The monoisotopic (exact) mass is 361 g/mol. The molecule has 0 fully saturated rings. The third-order valence-electron chi connectivity index (χ3n) is 3.69. The van der Waals surface area contributed by atoms with E-state index >= 15 is 0 Å². The average Bonchev–Trinajstić information content (AvgIpc) is 3.13. The molecule has 0 atom stereocenters. The zero-order valence-electron chi connectivity index (χ0n) is 15.2. The Morgan fingerprint density at radius 2 is 2.08 bits per heavy atom. The number of ether oxygens (including phenoxy) is 1. The lowest BCUT2D eigenvalue weighted by molar-refractivity contribution is 0.203. The van der Waals surface area contributed by atoms with E-state index in [2.05, 4.69) is 42.0 Å². The number of benzene rings is 1. The van der Waals surface area contributed by atoms with E-state index < -0.39 is 0 Å². The topological polar surface area (TPSA) is 58.8 Å². The normalized spacial score (nSPS) is 11.6. The van der Waals surface area contributed by atoms with Crippen LogP contribution in [0.25, 0.3) is 0 Å². The van der Waals surface area contributed by atoms with E-state index in [1.165, 1.54) is 16.0 Å². The van der Waals surface area contributed by atoms with Crippen LogP contribution in [0.4, 0.5) is 0 Å². The fraction of sp³-hybridized carbons (Fsp3) is 0.421. The molecule has 0 saturated carbocycles. The number of aliphatic imine (C=N–C) groups is 1. The number of furan rings is 1. The highest BCUT2D eigenvalue weighted by Crippen LogP contribution is 2.22. The Morgan fingerprint density at radius 1 is 1.24 bits per heavy atom. The van der Waals surface area contributed by atoms with Crippen molar-refractivity contribution < 1.29 is 9.15 Å². The lowest BCUT2D eigenvalue weighted by Crippen LogP contribution is -2.40. The summed E-state index contributed by atoms with van der Waals surface area (Å²) in [5, 5.41) is 6.65. The van der Waals surface area contributed by atoms with Crippen LogP contribution in [0.2, 0.25) is 0 Å². The Labute approximate surface area is 154 Å². The van der Waals surface area contributed by atoms with Crippen LogP contribution in [-0.2, 0) is 17.7 Å². The van der Waals surface area contributed by atoms with Crippen molar-refractivity contribution in [2.75, 3.05) is 33.1 Å². The van der Waals surface area contributed by atoms with Gasteiger partial charge in [0.2, 0.25) is 0 Å². The molecule has 136 valence electrons. The number of hydrogen-bond donors (Lipinski definition) is 2. The number of guanidine groups is 1. The number of rotatable bonds is 9. The molecule has 6 heteroatoms. The second kappa shape index (κ2) is 10.8. The van der Waals surface area contributed by atoms with Crippen LogP contribution in [-0.4, -0.2) is 39.0 Å². The summed E-state index contributed by atoms with van der Waals surface area (Å²) in [6, 6.07) is 10.4. The molecule has 1 heterocycles. The van der Waals surface area contributed by atoms with Gasteiger partial charge in [-0.1, -0.05) is 12.1 Å². The number of nitrogens with one attached hydrogen (secondary N) is 2. The Balaban J connectivity index is 1.96. The molecule has 0 saturated heterocycles. The number of thioether (sulfide) groups is 1. The van der Waals surface area contributed by atoms with Crippen molar-refractivity contribution in [1.82, 2.24) is 10.6 Å². The van der Waals surface area contributed by atoms with E-state index in [0.29, 0.717) is 19.7 Å². The molecule has 0 radical (unpaired) electrons. The molecular formula is C19H27N3O2S. The maximum atomic E-state index is 5.36. The highest BCUT2D eigenvalue weighted by Gasteiger charge is 2.04. The lowest BCUT2D eigenvalue weighted by Gasteiger charge is -2.13. The molecule has 2 aromatic rings. The maximum Gasteiger partial charge on any atom is 0.191 e. The van der Waals surface area contributed by atoms with Crippen molar-refractivity contribution in [2.45, 2.75) is 24.8 Å². The van der Waals surface area contributed by atoms with E-state index in [9.17, 15) is 0 Å². The standard InChI is InChI=1S/C19H27N3O2S/c1-15-6-7-16(18(13-15)25-3)14-22-19(21-10-12-23-2)20-9-8-17-5-4-11-24-17/h4-7,11,13H,8-10,12,14H2,1-3H3,(H2,20,21,22). The van der Waals surface area contributed by atoms with Gasteiger partial charge in [-0.25, -0.2) is 4.99 Å². The molecule has 2 rings (SSSR count). The van der Waals surface area contributed by atoms with Gasteiger partial charge in [0.15, 0.2) is 5.96 Å². The van der Waals surface area contributed by atoms with Crippen LogP contribution in [0.3, 0.4) is 0 Å². The van der Waals surface area contributed by atoms with Crippen molar-refractivity contribution in [3.05, 3.63) is 53.5 Å². The first-order valence-electron chi connectivity index (χ1n) is 8.40. The van der Waals surface area contributed by atoms with Crippen molar-refractivity contribution in [1.29, 1.82) is 0 Å². The van der Waals surface area contributed by atoms with Gasteiger partial charge in [0.25, 0.3) is 0 Å². The predicted molar refractivity (Wildman–Crippen MR) is 104 cm³/mol. The molecule has 1 aromatic heterocycles. The fourth-order valence-electron chi connectivity index (χ4n) is 2.35. The minimum absolute atomic E-state index is 0.638. The van der Waals surface area contributed by atoms with Gasteiger partial charge in [-0.3, -0.25) is 0 Å². The van der Waals surface area contributed by atoms with Gasteiger partial charge >= 0.3 is 0 Å². The summed E-state index contributed by atoms with van der Waals surface area (Å²) in [6.45, 7) is 4.86. The number of nitrogens with zero attached hydrogens (tertiary/aromatic N) is 1. The molecular weight excluding hydrogens is 334 g/mol. The smallest absolute Gasteiger partial charge is 0.191 e. The Kier molecular flexibility index (Phi) is 8.42. The molecule has 25 heavy (non-hydrogen) atoms. The molecule has 0 amide bonds. The number of aryl methyl sites for hydroxylation is 1. The molecule has 1 aromatic carbocycles. The minimum atomic E-state index is 0.638. The molecule has 0 unspecified atom stereocenters. The van der Waals surface area contributed by atoms with Crippen LogP contribution in [0.15, 0.2) is 50.9 Å². The van der Waals surface area contributed by atoms with Gasteiger partial charge < -0.3 is 19.8 Å². The van der Waals surface area contributed by atoms with E-state index in [0.717, 1.165) is 24.7 Å². The first-order chi connectivity index (χ1) is 12.2. The molecule has 0 aliphatic rings. The first kappa shape index (κ1) is 19.4. The Hall–Kier alpha value is -1.92. The van der Waals surface area contributed by atoms with Crippen LogP contribution in [0.5, 0.6) is 0 Å². The minimum Gasteiger partial charge on any atom is -0.469 e. The molecule has 0 aliphatic heterocycles. The van der Waals surface area contributed by atoms with Crippen molar-refractivity contribution >= 4 is 17.7 Å². The van der Waals surface area contributed by atoms with Gasteiger partial charge in [0, 0.05) is 31.5 Å². The highest BCUT2D eigenvalue weighted by atomic mass is 32.2. The summed E-state index contributed by atoms with van der Waals surface area (Å²) >= 11 is 1.76. The van der Waals surface area contributed by atoms with Gasteiger partial charge in [0.05, 0.1) is 19.4 Å². The third-order valence-corrected chi connectivity index (χ3v) is 4.51. The van der Waals surface area contributed by atoms with E-state index in [4.69, 9.17) is 14.1 Å². The van der Waals surface area contributed by atoms with E-state index in [1.807, 2.05) is 12.1 Å². The average molecular weight is 362 g/mol. The summed E-state index contributed by atoms with van der Waals surface area (Å²) in [4.78, 5) is 5.99. The largest absolute Gasteiger partial charge is 0.469 e. The molecule has 0 bridgehead atoms. The third kappa shape index (κ3) is 6.84. The summed E-state index contributed by atoms with van der Waals surface area (Å²) in [5.41, 5.74) is 2.50. The zero-order valence-corrected chi connectivity index (χ0v) is 16.0.